The molecule has 0 radical (unpaired) electrons. The van der Waals surface area contributed by atoms with E-state index in [4.69, 9.17) is 11.0 Å². The fourth-order valence-electron chi connectivity index (χ4n) is 0.724. The maximum Gasteiger partial charge on any atom is 0.0966 e. The molecule has 0 atom stereocenters. The summed E-state index contributed by atoms with van der Waals surface area (Å²) in [6.07, 6.45) is 0. The van der Waals surface area contributed by atoms with E-state index >= 15 is 0 Å². The molecule has 0 aliphatic carbocycles. The number of nitrogens with zero attached hydrogens (tertiary/aromatic N) is 1. The Hall–Kier alpha value is -0.310. The van der Waals surface area contributed by atoms with E-state index in [0.29, 0.717) is 11.3 Å². The summed E-state index contributed by atoms with van der Waals surface area (Å²) in [5.41, 5.74) is 6.84. The highest BCUT2D eigenvalue weighted by Gasteiger charge is 2.08. The second kappa shape index (κ2) is 4.27. The molecular formula is C8H6Br2N2S. The molecular weight excluding hydrogens is 316 g/mol. The minimum Gasteiger partial charge on any atom is -0.397 e. The number of allylic oxidation sites excluding steroid dienone is 1. The van der Waals surface area contributed by atoms with Gasteiger partial charge in [0.25, 0.3) is 0 Å². The van der Waals surface area contributed by atoms with Crippen LogP contribution in [-0.4, -0.2) is 0 Å². The van der Waals surface area contributed by atoms with E-state index in [0.717, 1.165) is 13.1 Å². The van der Waals surface area contributed by atoms with Crippen LogP contribution in [0.4, 0.5) is 0 Å². The lowest BCUT2D eigenvalue weighted by molar-refractivity contribution is 1.41. The molecule has 1 aromatic rings. The Morgan fingerprint density at radius 1 is 1.62 bits per heavy atom. The van der Waals surface area contributed by atoms with Crippen LogP contribution in [0.25, 0.3) is 5.70 Å². The van der Waals surface area contributed by atoms with Crippen LogP contribution in [0.1, 0.15) is 11.8 Å². The van der Waals surface area contributed by atoms with E-state index in [1.54, 1.807) is 6.92 Å². The van der Waals surface area contributed by atoms with Crippen LogP contribution in [0.3, 0.4) is 0 Å². The fraction of sp³-hybridized carbons (Fsp3) is 0.125. The zero-order chi connectivity index (χ0) is 10.0. The van der Waals surface area contributed by atoms with Gasteiger partial charge in [-0.2, -0.15) is 5.26 Å². The largest absolute Gasteiger partial charge is 0.397 e. The van der Waals surface area contributed by atoms with Crippen molar-refractivity contribution in [3.8, 4) is 6.07 Å². The summed E-state index contributed by atoms with van der Waals surface area (Å²) in [5, 5.41) is 8.64. The highest BCUT2D eigenvalue weighted by molar-refractivity contribution is 9.13. The summed E-state index contributed by atoms with van der Waals surface area (Å²) in [4.78, 5) is 0.901. The van der Waals surface area contributed by atoms with E-state index < -0.39 is 0 Å². The highest BCUT2D eigenvalue weighted by atomic mass is 79.9. The molecule has 13 heavy (non-hydrogen) atoms. The second-order valence-electron chi connectivity index (χ2n) is 2.38. The minimum absolute atomic E-state index is 0.541. The van der Waals surface area contributed by atoms with Gasteiger partial charge in [0.2, 0.25) is 0 Å². The van der Waals surface area contributed by atoms with Gasteiger partial charge < -0.3 is 5.73 Å². The molecule has 0 aliphatic heterocycles. The number of thiophene rings is 1. The van der Waals surface area contributed by atoms with E-state index in [1.165, 1.54) is 11.3 Å². The van der Waals surface area contributed by atoms with Crippen molar-refractivity contribution >= 4 is 48.9 Å². The number of hydrogen-bond acceptors (Lipinski definition) is 3. The van der Waals surface area contributed by atoms with E-state index in [2.05, 4.69) is 31.9 Å². The molecule has 0 spiro atoms. The number of nitriles is 1. The number of hydrogen-bond donors (Lipinski definition) is 1. The van der Waals surface area contributed by atoms with E-state index in [1.807, 2.05) is 12.1 Å². The highest BCUT2D eigenvalue weighted by Crippen LogP contribution is 2.35. The fourth-order valence-corrected chi connectivity index (χ4v) is 2.77. The van der Waals surface area contributed by atoms with Crippen LogP contribution in [0.5, 0.6) is 0 Å². The van der Waals surface area contributed by atoms with Crippen LogP contribution < -0.4 is 5.73 Å². The molecule has 0 fully saturated rings. The van der Waals surface area contributed by atoms with Crippen LogP contribution >= 0.6 is 43.2 Å². The Kier molecular flexibility index (Phi) is 3.54. The molecule has 2 nitrogen and oxygen atoms in total. The average Bonchev–Trinajstić information content (AvgIpc) is 2.44. The van der Waals surface area contributed by atoms with Crippen molar-refractivity contribution in [3.63, 3.8) is 0 Å². The van der Waals surface area contributed by atoms with Gasteiger partial charge >= 0.3 is 0 Å². The summed E-state index contributed by atoms with van der Waals surface area (Å²) in [5.74, 6) is 0. The quantitative estimate of drug-likeness (QED) is 0.805. The molecule has 0 aromatic carbocycles. The molecule has 2 N–H and O–H groups in total. The molecule has 68 valence electrons. The third-order valence-corrected chi connectivity index (χ3v) is 4.77. The topological polar surface area (TPSA) is 49.8 Å². The van der Waals surface area contributed by atoms with Crippen molar-refractivity contribution < 1.29 is 0 Å². The summed E-state index contributed by atoms with van der Waals surface area (Å²) in [6, 6.07) is 3.92. The second-order valence-corrected chi connectivity index (χ2v) is 5.61. The Balaban J connectivity index is 3.18. The standard InChI is InChI=1S/C8H6Br2N2S/c1-4(3-11)7(12)6-2-5(9)8(10)13-6/h2H,12H2,1H3. The first kappa shape index (κ1) is 10.8. The van der Waals surface area contributed by atoms with Gasteiger partial charge in [-0.25, -0.2) is 0 Å². The number of halogens is 2. The smallest absolute Gasteiger partial charge is 0.0966 e. The van der Waals surface area contributed by atoms with Crippen LogP contribution in [0.15, 0.2) is 19.9 Å². The Morgan fingerprint density at radius 2 is 2.23 bits per heavy atom. The van der Waals surface area contributed by atoms with Gasteiger partial charge in [-0.05, 0) is 44.8 Å². The molecule has 0 aliphatic rings. The predicted molar refractivity (Wildman–Crippen MR) is 62.1 cm³/mol. The van der Waals surface area contributed by atoms with Crippen molar-refractivity contribution in [1.82, 2.24) is 0 Å². The summed E-state index contributed by atoms with van der Waals surface area (Å²) in [7, 11) is 0. The number of nitrogens with two attached hydrogens (primary N) is 1. The van der Waals surface area contributed by atoms with Crippen molar-refractivity contribution in [3.05, 3.63) is 24.8 Å². The third kappa shape index (κ3) is 2.33. The van der Waals surface area contributed by atoms with Gasteiger partial charge in [-0.15, -0.1) is 11.3 Å². The van der Waals surface area contributed by atoms with Crippen LogP contribution in [0, 0.1) is 11.3 Å². The van der Waals surface area contributed by atoms with Gasteiger partial charge in [0.05, 0.1) is 26.0 Å². The zero-order valence-electron chi connectivity index (χ0n) is 6.77. The zero-order valence-corrected chi connectivity index (χ0v) is 10.8. The molecule has 1 rings (SSSR count). The summed E-state index contributed by atoms with van der Waals surface area (Å²) >= 11 is 8.23. The first-order valence-corrected chi connectivity index (χ1v) is 5.78. The molecule has 0 amide bonds. The first-order valence-electron chi connectivity index (χ1n) is 3.38. The molecule has 1 aromatic heterocycles. The monoisotopic (exact) mass is 320 g/mol. The van der Waals surface area contributed by atoms with Crippen molar-refractivity contribution in [2.24, 2.45) is 5.73 Å². The summed E-state index contributed by atoms with van der Waals surface area (Å²) < 4.78 is 1.94. The lowest BCUT2D eigenvalue weighted by Crippen LogP contribution is -1.96. The average molecular weight is 322 g/mol. The normalized spacial score (nSPS) is 12.2. The van der Waals surface area contributed by atoms with Gasteiger partial charge in [0.15, 0.2) is 0 Å². The van der Waals surface area contributed by atoms with Crippen molar-refractivity contribution in [2.45, 2.75) is 6.92 Å². The Bertz CT molecular complexity index is 381. The Morgan fingerprint density at radius 3 is 2.62 bits per heavy atom. The van der Waals surface area contributed by atoms with Gasteiger partial charge in [0, 0.05) is 4.47 Å². The SMILES string of the molecule is CC(C#N)=C(N)c1cc(Br)c(Br)s1. The first-order chi connectivity index (χ1) is 6.06. The Labute approximate surface area is 97.3 Å². The van der Waals surface area contributed by atoms with Crippen LogP contribution in [0.2, 0.25) is 0 Å². The van der Waals surface area contributed by atoms with Gasteiger partial charge in [-0.1, -0.05) is 0 Å². The van der Waals surface area contributed by atoms with E-state index in [9.17, 15) is 0 Å². The minimum atomic E-state index is 0.541. The molecule has 5 heteroatoms. The molecule has 1 heterocycles. The molecule has 0 saturated carbocycles. The molecule has 0 saturated heterocycles. The third-order valence-electron chi connectivity index (χ3n) is 1.48. The maximum atomic E-state index is 8.64. The predicted octanol–water partition coefficient (Wildman–Crippen LogP) is 3.49. The summed E-state index contributed by atoms with van der Waals surface area (Å²) in [6.45, 7) is 1.71. The van der Waals surface area contributed by atoms with E-state index in [-0.39, 0.29) is 0 Å². The lowest BCUT2D eigenvalue weighted by atomic mass is 10.2. The van der Waals surface area contributed by atoms with Crippen LogP contribution in [-0.2, 0) is 0 Å². The molecule has 0 unspecified atom stereocenters. The van der Waals surface area contributed by atoms with Crippen molar-refractivity contribution in [1.29, 1.82) is 5.26 Å². The van der Waals surface area contributed by atoms with Gasteiger partial charge in [0.1, 0.15) is 0 Å². The molecule has 0 bridgehead atoms. The number of rotatable bonds is 1. The lowest BCUT2D eigenvalue weighted by Gasteiger charge is -1.96. The maximum absolute atomic E-state index is 8.64. The van der Waals surface area contributed by atoms with Gasteiger partial charge in [-0.3, -0.25) is 0 Å². The van der Waals surface area contributed by atoms with Crippen molar-refractivity contribution in [2.75, 3.05) is 0 Å².